The summed E-state index contributed by atoms with van der Waals surface area (Å²) in [4.78, 5) is -0.550. The number of primary sulfonamides is 1. The quantitative estimate of drug-likeness (QED) is 0.840. The normalized spacial score (nSPS) is 13.2. The summed E-state index contributed by atoms with van der Waals surface area (Å²) >= 11 is 0. The Hall–Kier alpha value is -1.10. The van der Waals surface area contributed by atoms with Gasteiger partial charge in [-0.3, -0.25) is 0 Å². The number of hydrogen-bond donors (Lipinski definition) is 1. The van der Waals surface area contributed by atoms with E-state index in [0.717, 1.165) is 31.3 Å². The Kier molecular flexibility index (Phi) is 4.61. The summed E-state index contributed by atoms with van der Waals surface area (Å²) in [6.45, 7) is -0.945. The van der Waals surface area contributed by atoms with Crippen LogP contribution >= 0.6 is 0 Å². The molecule has 0 fully saturated rings. The molecule has 10 heteroatoms. The zero-order chi connectivity index (χ0) is 14.8. The topological polar surface area (TPSA) is 97.5 Å². The average Bonchev–Trinajstić information content (AvgIpc) is 2.27. The molecule has 0 spiro atoms. The Morgan fingerprint density at radius 1 is 1.11 bits per heavy atom. The summed E-state index contributed by atoms with van der Waals surface area (Å²) in [5.41, 5.74) is 0. The molecule has 0 aliphatic heterocycles. The van der Waals surface area contributed by atoms with Crippen LogP contribution in [0.3, 0.4) is 0 Å². The van der Waals surface area contributed by atoms with Crippen molar-refractivity contribution in [2.75, 3.05) is 13.6 Å². The lowest BCUT2D eigenvalue weighted by molar-refractivity contribution is 0.126. The van der Waals surface area contributed by atoms with Crippen LogP contribution in [0.25, 0.3) is 0 Å². The third-order valence-electron chi connectivity index (χ3n) is 2.26. The molecule has 0 bridgehead atoms. The number of nitrogens with two attached hydrogens (primary N) is 1. The number of halogens is 2. The first-order valence-electron chi connectivity index (χ1n) is 4.92. The van der Waals surface area contributed by atoms with Gasteiger partial charge in [-0.25, -0.2) is 30.8 Å². The summed E-state index contributed by atoms with van der Waals surface area (Å²) < 4.78 is 70.5. The maximum Gasteiger partial charge on any atom is 0.252 e. The molecule has 1 rings (SSSR count). The van der Waals surface area contributed by atoms with E-state index < -0.39 is 33.0 Å². The van der Waals surface area contributed by atoms with Gasteiger partial charge >= 0.3 is 0 Å². The first-order chi connectivity index (χ1) is 8.55. The van der Waals surface area contributed by atoms with Gasteiger partial charge in [0.25, 0.3) is 6.43 Å². The molecule has 0 heterocycles. The highest BCUT2D eigenvalue weighted by atomic mass is 32.2. The molecule has 0 saturated heterocycles. The summed E-state index contributed by atoms with van der Waals surface area (Å²) in [6.07, 6.45) is -2.80. The zero-order valence-corrected chi connectivity index (χ0v) is 11.5. The van der Waals surface area contributed by atoms with Gasteiger partial charge in [0.2, 0.25) is 20.0 Å². The molecule has 0 aromatic heterocycles. The van der Waals surface area contributed by atoms with Crippen molar-refractivity contribution in [1.29, 1.82) is 0 Å². The molecule has 0 aliphatic rings. The van der Waals surface area contributed by atoms with Crippen LogP contribution in [0.2, 0.25) is 0 Å². The van der Waals surface area contributed by atoms with E-state index in [9.17, 15) is 25.6 Å². The van der Waals surface area contributed by atoms with E-state index in [0.29, 0.717) is 4.31 Å². The van der Waals surface area contributed by atoms with Crippen molar-refractivity contribution in [1.82, 2.24) is 4.31 Å². The fourth-order valence-corrected chi connectivity index (χ4v) is 2.94. The van der Waals surface area contributed by atoms with Crippen LogP contribution in [0.4, 0.5) is 8.78 Å². The zero-order valence-electron chi connectivity index (χ0n) is 9.82. The third kappa shape index (κ3) is 3.93. The second-order valence-corrected chi connectivity index (χ2v) is 7.30. The van der Waals surface area contributed by atoms with Crippen LogP contribution in [0.1, 0.15) is 0 Å². The Morgan fingerprint density at radius 2 is 1.53 bits per heavy atom. The standard InChI is InChI=1S/C9H12F2N2O4S2/c1-13(6-9(10)11)19(16,17)8-4-2-7(3-5-8)18(12,14)15/h2-5,9H,6H2,1H3,(H2,12,14,15). The Balaban J connectivity index is 3.10. The highest BCUT2D eigenvalue weighted by molar-refractivity contribution is 7.89. The third-order valence-corrected chi connectivity index (χ3v) is 5.02. The molecular formula is C9H12F2N2O4S2. The first-order valence-corrected chi connectivity index (χ1v) is 7.91. The van der Waals surface area contributed by atoms with Crippen molar-refractivity contribution in [3.05, 3.63) is 24.3 Å². The number of alkyl halides is 2. The monoisotopic (exact) mass is 314 g/mol. The van der Waals surface area contributed by atoms with E-state index in [1.54, 1.807) is 0 Å². The number of benzene rings is 1. The summed E-state index contributed by atoms with van der Waals surface area (Å²) in [7, 11) is -7.00. The molecule has 1 aromatic rings. The van der Waals surface area contributed by atoms with E-state index in [-0.39, 0.29) is 9.79 Å². The fourth-order valence-electron chi connectivity index (χ4n) is 1.27. The summed E-state index contributed by atoms with van der Waals surface area (Å²) in [6, 6.07) is 3.99. The minimum absolute atomic E-state index is 0.261. The van der Waals surface area contributed by atoms with Gasteiger partial charge in [-0.05, 0) is 24.3 Å². The van der Waals surface area contributed by atoms with Crippen LogP contribution in [-0.4, -0.2) is 41.2 Å². The van der Waals surface area contributed by atoms with E-state index in [1.165, 1.54) is 0 Å². The fraction of sp³-hybridized carbons (Fsp3) is 0.333. The molecule has 2 N–H and O–H groups in total. The molecule has 0 saturated carbocycles. The minimum atomic E-state index is -4.08. The second kappa shape index (κ2) is 5.49. The van der Waals surface area contributed by atoms with E-state index in [4.69, 9.17) is 5.14 Å². The predicted molar refractivity (Wildman–Crippen MR) is 63.6 cm³/mol. The lowest BCUT2D eigenvalue weighted by Crippen LogP contribution is -2.31. The van der Waals surface area contributed by atoms with Crippen LogP contribution in [0.5, 0.6) is 0 Å². The summed E-state index contributed by atoms with van der Waals surface area (Å²) in [5.74, 6) is 0. The molecule has 0 unspecified atom stereocenters. The molecule has 19 heavy (non-hydrogen) atoms. The van der Waals surface area contributed by atoms with Crippen molar-refractivity contribution < 1.29 is 25.6 Å². The minimum Gasteiger partial charge on any atom is -0.225 e. The molecule has 0 aliphatic carbocycles. The van der Waals surface area contributed by atoms with Gasteiger partial charge in [-0.1, -0.05) is 0 Å². The Bertz CT molecular complexity index is 641. The van der Waals surface area contributed by atoms with Gasteiger partial charge in [-0.2, -0.15) is 4.31 Å². The first kappa shape index (κ1) is 16.0. The number of sulfonamides is 2. The van der Waals surface area contributed by atoms with Crippen molar-refractivity contribution in [3.8, 4) is 0 Å². The van der Waals surface area contributed by atoms with Crippen LogP contribution in [0.15, 0.2) is 34.1 Å². The van der Waals surface area contributed by atoms with Crippen LogP contribution < -0.4 is 5.14 Å². The molecule has 108 valence electrons. The smallest absolute Gasteiger partial charge is 0.225 e. The van der Waals surface area contributed by atoms with E-state index in [1.807, 2.05) is 0 Å². The van der Waals surface area contributed by atoms with Gasteiger partial charge in [0.1, 0.15) is 0 Å². The highest BCUT2D eigenvalue weighted by Gasteiger charge is 2.23. The molecule has 0 radical (unpaired) electrons. The SMILES string of the molecule is CN(CC(F)F)S(=O)(=O)c1ccc(S(N)(=O)=O)cc1. The predicted octanol–water partition coefficient (Wildman–Crippen LogP) is 0.220. The molecule has 6 nitrogen and oxygen atoms in total. The summed E-state index contributed by atoms with van der Waals surface area (Å²) in [5, 5.41) is 4.85. The average molecular weight is 314 g/mol. The highest BCUT2D eigenvalue weighted by Crippen LogP contribution is 2.17. The van der Waals surface area contributed by atoms with Crippen molar-refractivity contribution in [2.24, 2.45) is 5.14 Å². The number of nitrogens with zero attached hydrogens (tertiary/aromatic N) is 1. The van der Waals surface area contributed by atoms with Gasteiger partial charge in [0, 0.05) is 7.05 Å². The number of rotatable bonds is 5. The molecular weight excluding hydrogens is 302 g/mol. The van der Waals surface area contributed by atoms with Gasteiger partial charge in [0.15, 0.2) is 0 Å². The largest absolute Gasteiger partial charge is 0.252 e. The second-order valence-electron chi connectivity index (χ2n) is 3.69. The van der Waals surface area contributed by atoms with Gasteiger partial charge < -0.3 is 0 Å². The van der Waals surface area contributed by atoms with E-state index in [2.05, 4.69) is 0 Å². The molecule has 0 amide bonds. The van der Waals surface area contributed by atoms with Crippen LogP contribution in [-0.2, 0) is 20.0 Å². The Labute approximate surface area is 109 Å². The van der Waals surface area contributed by atoms with E-state index >= 15 is 0 Å². The molecule has 0 atom stereocenters. The number of hydrogen-bond acceptors (Lipinski definition) is 4. The van der Waals surface area contributed by atoms with Crippen molar-refractivity contribution in [3.63, 3.8) is 0 Å². The lowest BCUT2D eigenvalue weighted by atomic mass is 10.4. The van der Waals surface area contributed by atoms with Gasteiger partial charge in [0.05, 0.1) is 16.3 Å². The molecule has 1 aromatic carbocycles. The maximum atomic E-state index is 12.1. The van der Waals surface area contributed by atoms with Crippen molar-refractivity contribution in [2.45, 2.75) is 16.2 Å². The lowest BCUT2D eigenvalue weighted by Gasteiger charge is -2.16. The Morgan fingerprint density at radius 3 is 1.89 bits per heavy atom. The van der Waals surface area contributed by atoms with Crippen molar-refractivity contribution >= 4 is 20.0 Å². The van der Waals surface area contributed by atoms with Gasteiger partial charge in [-0.15, -0.1) is 0 Å². The maximum absolute atomic E-state index is 12.1. The van der Waals surface area contributed by atoms with Crippen LogP contribution in [0, 0.1) is 0 Å².